The number of halogens is 1. The number of likely N-dealkylation sites (tertiary alicyclic amines) is 1. The first kappa shape index (κ1) is 15.5. The van der Waals surface area contributed by atoms with Crippen LogP contribution in [0.25, 0.3) is 11.1 Å². The summed E-state index contributed by atoms with van der Waals surface area (Å²) in [6, 6.07) is 8.96. The van der Waals surface area contributed by atoms with Crippen molar-refractivity contribution >= 4 is 11.3 Å². The molecule has 0 bridgehead atoms. The number of H-pyrrole nitrogens is 1. The van der Waals surface area contributed by atoms with Crippen LogP contribution in [-0.2, 0) is 6.54 Å². The van der Waals surface area contributed by atoms with Crippen LogP contribution in [0.3, 0.4) is 0 Å². The molecule has 0 saturated carbocycles. The Labute approximate surface area is 145 Å². The lowest BCUT2D eigenvalue weighted by molar-refractivity contribution is 0.199. The van der Waals surface area contributed by atoms with Crippen molar-refractivity contribution in [3.05, 3.63) is 64.4 Å². The van der Waals surface area contributed by atoms with E-state index in [4.69, 9.17) is 0 Å². The number of thiophene rings is 1. The van der Waals surface area contributed by atoms with E-state index in [-0.39, 0.29) is 5.82 Å². The van der Waals surface area contributed by atoms with E-state index >= 15 is 0 Å². The van der Waals surface area contributed by atoms with Gasteiger partial charge < -0.3 is 0 Å². The van der Waals surface area contributed by atoms with E-state index < -0.39 is 0 Å². The van der Waals surface area contributed by atoms with Crippen molar-refractivity contribution in [2.24, 2.45) is 0 Å². The molecule has 1 N–H and O–H groups in total. The van der Waals surface area contributed by atoms with Gasteiger partial charge in [0.1, 0.15) is 5.82 Å². The van der Waals surface area contributed by atoms with Crippen molar-refractivity contribution in [1.82, 2.24) is 15.1 Å². The maximum Gasteiger partial charge on any atom is 0.123 e. The summed E-state index contributed by atoms with van der Waals surface area (Å²) in [5.74, 6) is 0.209. The average molecular weight is 341 g/mol. The maximum atomic E-state index is 13.6. The summed E-state index contributed by atoms with van der Waals surface area (Å²) in [5, 5.41) is 11.8. The van der Waals surface area contributed by atoms with Crippen LogP contribution in [0.2, 0.25) is 0 Å². The molecule has 0 spiro atoms. The van der Waals surface area contributed by atoms with E-state index in [9.17, 15) is 4.39 Å². The number of aromatic amines is 1. The van der Waals surface area contributed by atoms with Crippen molar-refractivity contribution in [3.63, 3.8) is 0 Å². The molecule has 3 nitrogen and oxygen atoms in total. The third kappa shape index (κ3) is 3.28. The molecule has 1 aliphatic heterocycles. The van der Waals surface area contributed by atoms with Crippen LogP contribution in [0, 0.1) is 5.82 Å². The molecule has 124 valence electrons. The van der Waals surface area contributed by atoms with E-state index in [2.05, 4.69) is 31.9 Å². The third-order valence-corrected chi connectivity index (χ3v) is 5.44. The summed E-state index contributed by atoms with van der Waals surface area (Å²) in [5.41, 5.74) is 4.44. The van der Waals surface area contributed by atoms with Gasteiger partial charge in [-0.2, -0.15) is 16.4 Å². The summed E-state index contributed by atoms with van der Waals surface area (Å²) in [7, 11) is 0. The molecule has 5 heteroatoms. The Balaban J connectivity index is 1.54. The highest BCUT2D eigenvalue weighted by Crippen LogP contribution is 2.33. The molecule has 1 atom stereocenters. The molecular weight excluding hydrogens is 321 g/mol. The van der Waals surface area contributed by atoms with E-state index in [0.29, 0.717) is 5.92 Å². The average Bonchev–Trinajstić information content (AvgIpc) is 3.26. The molecule has 1 fully saturated rings. The van der Waals surface area contributed by atoms with Crippen LogP contribution >= 0.6 is 11.3 Å². The van der Waals surface area contributed by atoms with Gasteiger partial charge in [-0.3, -0.25) is 10.00 Å². The predicted octanol–water partition coefficient (Wildman–Crippen LogP) is 4.66. The van der Waals surface area contributed by atoms with Crippen LogP contribution in [-0.4, -0.2) is 28.2 Å². The summed E-state index contributed by atoms with van der Waals surface area (Å²) < 4.78 is 13.6. The number of aromatic nitrogens is 2. The highest BCUT2D eigenvalue weighted by Gasteiger charge is 2.25. The molecule has 4 rings (SSSR count). The van der Waals surface area contributed by atoms with Gasteiger partial charge in [-0.15, -0.1) is 0 Å². The lowest BCUT2D eigenvalue weighted by Crippen LogP contribution is -2.34. The first-order valence-electron chi connectivity index (χ1n) is 8.32. The molecule has 3 aromatic rings. The van der Waals surface area contributed by atoms with Crippen LogP contribution < -0.4 is 0 Å². The third-order valence-electron chi connectivity index (χ3n) is 4.70. The quantitative estimate of drug-likeness (QED) is 0.748. The molecule has 2 aromatic heterocycles. The van der Waals surface area contributed by atoms with Gasteiger partial charge in [0.05, 0.1) is 6.20 Å². The number of hydrogen-bond donors (Lipinski definition) is 1. The second kappa shape index (κ2) is 6.87. The monoisotopic (exact) mass is 341 g/mol. The number of rotatable bonds is 4. The molecule has 24 heavy (non-hydrogen) atoms. The fourth-order valence-electron chi connectivity index (χ4n) is 3.57. The van der Waals surface area contributed by atoms with E-state index in [0.717, 1.165) is 42.9 Å². The standard InChI is InChI=1S/C19H20FN3S/c20-17-5-1-3-15(9-17)18-10-21-22-19(18)16-4-2-7-23(12-16)11-14-6-8-24-13-14/h1,3,5-6,8-10,13,16H,2,4,7,11-12H2,(H,21,22). The van der Waals surface area contributed by atoms with Gasteiger partial charge in [0, 0.05) is 30.3 Å². The molecular formula is C19H20FN3S. The summed E-state index contributed by atoms with van der Waals surface area (Å²) >= 11 is 1.75. The highest BCUT2D eigenvalue weighted by atomic mass is 32.1. The zero-order valence-corrected chi connectivity index (χ0v) is 14.2. The normalized spacial score (nSPS) is 18.8. The predicted molar refractivity (Wildman–Crippen MR) is 95.6 cm³/mol. The molecule has 1 aliphatic rings. The summed E-state index contributed by atoms with van der Waals surface area (Å²) in [6.07, 6.45) is 4.14. The minimum absolute atomic E-state index is 0.206. The minimum Gasteiger partial charge on any atom is -0.298 e. The van der Waals surface area contributed by atoms with E-state index in [1.165, 1.54) is 18.1 Å². The summed E-state index contributed by atoms with van der Waals surface area (Å²) in [6.45, 7) is 3.15. The van der Waals surface area contributed by atoms with E-state index in [1.54, 1.807) is 23.5 Å². The topological polar surface area (TPSA) is 31.9 Å². The second-order valence-electron chi connectivity index (χ2n) is 6.41. The van der Waals surface area contributed by atoms with Gasteiger partial charge in [0.15, 0.2) is 0 Å². The van der Waals surface area contributed by atoms with E-state index in [1.807, 2.05) is 12.3 Å². The van der Waals surface area contributed by atoms with Gasteiger partial charge in [-0.1, -0.05) is 12.1 Å². The second-order valence-corrected chi connectivity index (χ2v) is 7.19. The van der Waals surface area contributed by atoms with Gasteiger partial charge in [0.2, 0.25) is 0 Å². The minimum atomic E-state index is -0.206. The van der Waals surface area contributed by atoms with Crippen molar-refractivity contribution in [3.8, 4) is 11.1 Å². The smallest absolute Gasteiger partial charge is 0.123 e. The first-order chi connectivity index (χ1) is 11.8. The Kier molecular flexibility index (Phi) is 4.45. The number of nitrogens with zero attached hydrogens (tertiary/aromatic N) is 2. The molecule has 1 aromatic carbocycles. The van der Waals surface area contributed by atoms with Crippen LogP contribution in [0.15, 0.2) is 47.3 Å². The zero-order chi connectivity index (χ0) is 16.4. The number of benzene rings is 1. The van der Waals surface area contributed by atoms with Crippen LogP contribution in [0.5, 0.6) is 0 Å². The largest absolute Gasteiger partial charge is 0.298 e. The van der Waals surface area contributed by atoms with Crippen molar-refractivity contribution in [1.29, 1.82) is 0 Å². The molecule has 0 radical (unpaired) electrons. The lowest BCUT2D eigenvalue weighted by atomic mass is 9.90. The Morgan fingerprint density at radius 3 is 3.12 bits per heavy atom. The maximum absolute atomic E-state index is 13.6. The molecule has 1 unspecified atom stereocenters. The van der Waals surface area contributed by atoms with Crippen molar-refractivity contribution in [2.75, 3.05) is 13.1 Å². The van der Waals surface area contributed by atoms with Crippen molar-refractivity contribution < 1.29 is 4.39 Å². The van der Waals surface area contributed by atoms with Crippen LogP contribution in [0.1, 0.15) is 30.0 Å². The summed E-state index contributed by atoms with van der Waals surface area (Å²) in [4.78, 5) is 2.51. The number of piperidine rings is 1. The lowest BCUT2D eigenvalue weighted by Gasteiger charge is -2.32. The Hall–Kier alpha value is -1.98. The van der Waals surface area contributed by atoms with Gasteiger partial charge in [-0.05, 0) is 59.5 Å². The fraction of sp³-hybridized carbons (Fsp3) is 0.316. The Bertz CT molecular complexity index is 797. The van der Waals surface area contributed by atoms with Gasteiger partial charge >= 0.3 is 0 Å². The van der Waals surface area contributed by atoms with Gasteiger partial charge in [-0.25, -0.2) is 4.39 Å². The number of hydrogen-bond acceptors (Lipinski definition) is 3. The van der Waals surface area contributed by atoms with Gasteiger partial charge in [0.25, 0.3) is 0 Å². The zero-order valence-electron chi connectivity index (χ0n) is 13.4. The molecule has 3 heterocycles. The Morgan fingerprint density at radius 2 is 2.29 bits per heavy atom. The first-order valence-corrected chi connectivity index (χ1v) is 9.26. The SMILES string of the molecule is Fc1cccc(-c2cn[nH]c2C2CCCN(Cc3ccsc3)C2)c1. The van der Waals surface area contributed by atoms with Crippen molar-refractivity contribution in [2.45, 2.75) is 25.3 Å². The number of nitrogens with one attached hydrogen (secondary N) is 1. The van der Waals surface area contributed by atoms with Crippen LogP contribution in [0.4, 0.5) is 4.39 Å². The molecule has 0 amide bonds. The Morgan fingerprint density at radius 1 is 1.33 bits per heavy atom. The molecule has 0 aliphatic carbocycles. The highest BCUT2D eigenvalue weighted by molar-refractivity contribution is 7.07. The fourth-order valence-corrected chi connectivity index (χ4v) is 4.23. The molecule has 1 saturated heterocycles.